The van der Waals surface area contributed by atoms with Crippen LogP contribution in [0.15, 0.2) is 28.8 Å². The number of morpholine rings is 1. The number of aryl methyl sites for hydroxylation is 1. The Morgan fingerprint density at radius 2 is 1.94 bits per heavy atom. The van der Waals surface area contributed by atoms with Crippen LogP contribution in [0.25, 0.3) is 27.4 Å². The van der Waals surface area contributed by atoms with Gasteiger partial charge in [0.1, 0.15) is 29.4 Å². The van der Waals surface area contributed by atoms with E-state index in [4.69, 9.17) is 28.3 Å². The van der Waals surface area contributed by atoms with E-state index in [1.807, 2.05) is 18.2 Å². The zero-order valence-electron chi connectivity index (χ0n) is 20.1. The monoisotopic (exact) mass is 527 g/mol. The second kappa shape index (κ2) is 9.60. The van der Waals surface area contributed by atoms with Gasteiger partial charge in [-0.15, -0.1) is 16.4 Å². The molecule has 36 heavy (non-hydrogen) atoms. The van der Waals surface area contributed by atoms with Crippen LogP contribution in [0.3, 0.4) is 0 Å². The Morgan fingerprint density at radius 3 is 2.72 bits per heavy atom. The number of imidazole rings is 1. The summed E-state index contributed by atoms with van der Waals surface area (Å²) in [5.74, 6) is 1.94. The van der Waals surface area contributed by atoms with Crippen molar-refractivity contribution in [2.45, 2.75) is 20.0 Å². The SMILES string of the molecule is CCc1sc(N2CCOCC2)nc1COc1cc(OC)cc2oc(-c3cnc4sc(OC)nn34)cc12. The predicted octanol–water partition coefficient (Wildman–Crippen LogP) is 4.66. The molecule has 188 valence electrons. The number of anilines is 1. The first-order valence-electron chi connectivity index (χ1n) is 11.6. The largest absolute Gasteiger partial charge is 0.496 e. The number of ether oxygens (including phenoxy) is 4. The number of nitrogens with zero attached hydrogens (tertiary/aromatic N) is 5. The first-order valence-corrected chi connectivity index (χ1v) is 13.2. The molecule has 12 heteroatoms. The molecule has 0 bridgehead atoms. The number of thiazole rings is 1. The van der Waals surface area contributed by atoms with Crippen molar-refractivity contribution in [2.75, 3.05) is 45.4 Å². The van der Waals surface area contributed by atoms with Gasteiger partial charge in [0.15, 0.2) is 10.9 Å². The van der Waals surface area contributed by atoms with Gasteiger partial charge >= 0.3 is 0 Å². The summed E-state index contributed by atoms with van der Waals surface area (Å²) in [5, 5.41) is 6.84. The van der Waals surface area contributed by atoms with Crippen molar-refractivity contribution < 1.29 is 23.4 Å². The Labute approximate surface area is 215 Å². The lowest BCUT2D eigenvalue weighted by Crippen LogP contribution is -2.36. The lowest BCUT2D eigenvalue weighted by atomic mass is 10.2. The molecule has 0 aliphatic carbocycles. The number of benzene rings is 1. The molecule has 0 amide bonds. The quantitative estimate of drug-likeness (QED) is 0.285. The van der Waals surface area contributed by atoms with Crippen LogP contribution >= 0.6 is 22.7 Å². The highest BCUT2D eigenvalue weighted by Gasteiger charge is 2.21. The molecule has 1 aliphatic heterocycles. The van der Waals surface area contributed by atoms with Gasteiger partial charge in [-0.2, -0.15) is 4.52 Å². The maximum atomic E-state index is 6.34. The highest BCUT2D eigenvalue weighted by molar-refractivity contribution is 7.18. The average molecular weight is 528 g/mol. The van der Waals surface area contributed by atoms with Crippen LogP contribution in [-0.2, 0) is 17.8 Å². The minimum atomic E-state index is 0.354. The van der Waals surface area contributed by atoms with Gasteiger partial charge < -0.3 is 28.3 Å². The van der Waals surface area contributed by atoms with E-state index >= 15 is 0 Å². The van der Waals surface area contributed by atoms with Crippen LogP contribution in [0.5, 0.6) is 16.7 Å². The van der Waals surface area contributed by atoms with E-state index in [0.29, 0.717) is 34.6 Å². The van der Waals surface area contributed by atoms with Crippen LogP contribution in [0.1, 0.15) is 17.5 Å². The van der Waals surface area contributed by atoms with Gasteiger partial charge in [-0.25, -0.2) is 9.97 Å². The second-order valence-electron chi connectivity index (χ2n) is 8.17. The molecule has 1 aromatic carbocycles. The van der Waals surface area contributed by atoms with Crippen molar-refractivity contribution in [2.24, 2.45) is 0 Å². The summed E-state index contributed by atoms with van der Waals surface area (Å²) in [6.07, 6.45) is 2.64. The average Bonchev–Trinajstić information content (AvgIpc) is 3.69. The first-order chi connectivity index (χ1) is 17.7. The van der Waals surface area contributed by atoms with Crippen LogP contribution in [-0.4, -0.2) is 60.1 Å². The fraction of sp³-hybridized carbons (Fsp3) is 0.375. The first kappa shape index (κ1) is 23.1. The van der Waals surface area contributed by atoms with Crippen LogP contribution in [0.2, 0.25) is 0 Å². The predicted molar refractivity (Wildman–Crippen MR) is 138 cm³/mol. The van der Waals surface area contributed by atoms with E-state index < -0.39 is 0 Å². The van der Waals surface area contributed by atoms with Gasteiger partial charge in [-0.1, -0.05) is 6.92 Å². The summed E-state index contributed by atoms with van der Waals surface area (Å²) < 4.78 is 30.5. The van der Waals surface area contributed by atoms with Gasteiger partial charge in [0.25, 0.3) is 5.19 Å². The molecule has 1 saturated heterocycles. The summed E-state index contributed by atoms with van der Waals surface area (Å²) in [4.78, 5) is 13.6. The molecule has 1 fully saturated rings. The number of rotatable bonds is 8. The van der Waals surface area contributed by atoms with Crippen molar-refractivity contribution in [3.05, 3.63) is 35.0 Å². The van der Waals surface area contributed by atoms with E-state index in [1.165, 1.54) is 16.2 Å². The number of aromatic nitrogens is 4. The smallest absolute Gasteiger partial charge is 0.294 e. The minimum Gasteiger partial charge on any atom is -0.496 e. The van der Waals surface area contributed by atoms with Gasteiger partial charge in [0.05, 0.1) is 44.7 Å². The van der Waals surface area contributed by atoms with E-state index in [9.17, 15) is 0 Å². The maximum absolute atomic E-state index is 6.34. The third-order valence-corrected chi connectivity index (χ3v) is 8.22. The second-order valence-corrected chi connectivity index (χ2v) is 10.1. The number of hydrogen-bond acceptors (Lipinski definition) is 11. The highest BCUT2D eigenvalue weighted by Crippen LogP contribution is 2.38. The molecule has 0 N–H and O–H groups in total. The van der Waals surface area contributed by atoms with E-state index in [1.54, 1.807) is 36.3 Å². The summed E-state index contributed by atoms with van der Waals surface area (Å²) in [5.41, 5.74) is 2.34. The summed E-state index contributed by atoms with van der Waals surface area (Å²) in [6.45, 7) is 5.68. The van der Waals surface area contributed by atoms with Crippen molar-refractivity contribution in [3.8, 4) is 28.1 Å². The Bertz CT molecular complexity index is 1510. The standard InChI is InChI=1S/C24H25N5O5S2/c1-4-21-16(26-23(35-21)28-5-7-32-8-6-28)13-33-18-9-14(30-2)10-19-15(18)11-20(34-19)17-12-25-22-29(17)27-24(31-3)36-22/h9-12H,4-8,13H2,1-3H3. The fourth-order valence-corrected chi connectivity index (χ4v) is 5.91. The summed E-state index contributed by atoms with van der Waals surface area (Å²) in [6, 6.07) is 5.67. The molecule has 0 unspecified atom stereocenters. The number of methoxy groups -OCH3 is 2. The fourth-order valence-electron chi connectivity index (χ4n) is 4.17. The minimum absolute atomic E-state index is 0.354. The van der Waals surface area contributed by atoms with Crippen molar-refractivity contribution in [3.63, 3.8) is 0 Å². The molecule has 0 radical (unpaired) electrons. The third kappa shape index (κ3) is 4.14. The molecule has 6 rings (SSSR count). The topological polar surface area (TPSA) is 96.4 Å². The molecule has 1 aliphatic rings. The maximum Gasteiger partial charge on any atom is 0.294 e. The van der Waals surface area contributed by atoms with Crippen LogP contribution in [0, 0.1) is 0 Å². The number of fused-ring (bicyclic) bond motifs is 2. The lowest BCUT2D eigenvalue weighted by Gasteiger charge is -2.26. The molecular formula is C24H25N5O5S2. The molecule has 5 heterocycles. The van der Waals surface area contributed by atoms with E-state index in [2.05, 4.69) is 21.9 Å². The molecule has 4 aromatic heterocycles. The van der Waals surface area contributed by atoms with Crippen molar-refractivity contribution in [1.82, 2.24) is 19.6 Å². The Morgan fingerprint density at radius 1 is 1.08 bits per heavy atom. The van der Waals surface area contributed by atoms with Crippen molar-refractivity contribution >= 4 is 43.7 Å². The molecule has 5 aromatic rings. The zero-order chi connectivity index (χ0) is 24.6. The number of hydrogen-bond donors (Lipinski definition) is 0. The normalized spacial score (nSPS) is 14.1. The zero-order valence-corrected chi connectivity index (χ0v) is 21.8. The van der Waals surface area contributed by atoms with Crippen molar-refractivity contribution in [1.29, 1.82) is 0 Å². The Balaban J connectivity index is 1.32. The molecule has 0 atom stereocenters. The molecule has 0 spiro atoms. The van der Waals surface area contributed by atoms with Gasteiger partial charge in [0.2, 0.25) is 4.96 Å². The summed E-state index contributed by atoms with van der Waals surface area (Å²) >= 11 is 3.10. The number of furan rings is 1. The highest BCUT2D eigenvalue weighted by atomic mass is 32.1. The van der Waals surface area contributed by atoms with Crippen LogP contribution < -0.4 is 19.1 Å². The summed E-state index contributed by atoms with van der Waals surface area (Å²) in [7, 11) is 3.21. The van der Waals surface area contributed by atoms with Gasteiger partial charge in [-0.3, -0.25) is 0 Å². The van der Waals surface area contributed by atoms with Gasteiger partial charge in [0, 0.05) is 30.1 Å². The van der Waals surface area contributed by atoms with Gasteiger partial charge in [-0.05, 0) is 23.8 Å². The molecular weight excluding hydrogens is 502 g/mol. The Hall–Kier alpha value is -3.35. The molecule has 0 saturated carbocycles. The molecule has 10 nitrogen and oxygen atoms in total. The lowest BCUT2D eigenvalue weighted by molar-refractivity contribution is 0.122. The van der Waals surface area contributed by atoms with Crippen LogP contribution in [0.4, 0.5) is 5.13 Å². The third-order valence-electron chi connectivity index (χ3n) is 6.04. The van der Waals surface area contributed by atoms with E-state index in [-0.39, 0.29) is 0 Å². The van der Waals surface area contributed by atoms with E-state index in [0.717, 1.165) is 59.6 Å². The Kier molecular flexibility index (Phi) is 6.15.